The predicted molar refractivity (Wildman–Crippen MR) is 115 cm³/mol. The molecule has 1 atom stereocenters. The summed E-state index contributed by atoms with van der Waals surface area (Å²) in [5.41, 5.74) is 1.78. The van der Waals surface area contributed by atoms with Crippen molar-refractivity contribution in [3.8, 4) is 10.6 Å². The molecular formula is C18H26N3O4S2Si-. The first kappa shape index (κ1) is 22.7. The van der Waals surface area contributed by atoms with E-state index in [4.69, 9.17) is 4.84 Å². The van der Waals surface area contributed by atoms with Gasteiger partial charge in [-0.05, 0) is 44.2 Å². The van der Waals surface area contributed by atoms with Crippen LogP contribution in [0.5, 0.6) is 0 Å². The molecular weight excluding hydrogens is 414 g/mol. The Morgan fingerprint density at radius 1 is 1.32 bits per heavy atom. The van der Waals surface area contributed by atoms with Crippen LogP contribution in [0.3, 0.4) is 0 Å². The monoisotopic (exact) mass is 440 g/mol. The van der Waals surface area contributed by atoms with Gasteiger partial charge in [0.2, 0.25) is 0 Å². The van der Waals surface area contributed by atoms with Crippen LogP contribution in [0.15, 0.2) is 36.5 Å². The average Bonchev–Trinajstić information content (AvgIpc) is 3.07. The molecule has 1 amide bonds. The van der Waals surface area contributed by atoms with Crippen LogP contribution in [0.25, 0.3) is 10.6 Å². The summed E-state index contributed by atoms with van der Waals surface area (Å²) in [6.07, 6.45) is 1.67. The van der Waals surface area contributed by atoms with E-state index in [9.17, 15) is 13.6 Å². The molecule has 0 fully saturated rings. The number of rotatable bonds is 9. The lowest BCUT2D eigenvalue weighted by Gasteiger charge is -2.38. The summed E-state index contributed by atoms with van der Waals surface area (Å²) < 4.78 is 25.0. The maximum absolute atomic E-state index is 12.6. The molecule has 2 heterocycles. The van der Waals surface area contributed by atoms with Crippen LogP contribution in [0, 0.1) is 0 Å². The Bertz CT molecular complexity index is 822. The van der Waals surface area contributed by atoms with E-state index in [0.29, 0.717) is 11.6 Å². The topological polar surface area (TPSA) is 94.6 Å². The molecule has 1 unspecified atom stereocenters. The van der Waals surface area contributed by atoms with Crippen LogP contribution in [0.1, 0.15) is 13.8 Å². The van der Waals surface area contributed by atoms with E-state index >= 15 is 0 Å². The van der Waals surface area contributed by atoms with Crippen molar-refractivity contribution in [2.75, 3.05) is 10.9 Å². The van der Waals surface area contributed by atoms with Crippen molar-refractivity contribution in [1.29, 1.82) is 0 Å². The second-order valence-corrected chi connectivity index (χ2v) is 15.5. The van der Waals surface area contributed by atoms with E-state index in [-0.39, 0.29) is 0 Å². The summed E-state index contributed by atoms with van der Waals surface area (Å²) in [7, 11) is -1.29. The van der Waals surface area contributed by atoms with Gasteiger partial charge in [-0.15, -0.1) is 11.3 Å². The van der Waals surface area contributed by atoms with Gasteiger partial charge in [-0.3, -0.25) is 23.1 Å². The summed E-state index contributed by atoms with van der Waals surface area (Å²) in [5.74, 6) is -0.528. The molecule has 2 aromatic rings. The van der Waals surface area contributed by atoms with E-state index < -0.39 is 30.8 Å². The number of amides is 1. The standard InChI is InChI=1S/C18H27N3O4S2Si/c1-18(2,17(22)20-25-12-13-28(3,4)5)21(27(23)24)16-10-9-15(26-16)14-8-6-7-11-19-14/h6-11H,12-13H2,1-5H3,(H,20,22)(H,23,24)/p-1. The van der Waals surface area contributed by atoms with Gasteiger partial charge in [-0.2, -0.15) is 0 Å². The van der Waals surface area contributed by atoms with Crippen molar-refractivity contribution >= 4 is 41.6 Å². The van der Waals surface area contributed by atoms with E-state index in [2.05, 4.69) is 30.1 Å². The third kappa shape index (κ3) is 5.95. The van der Waals surface area contributed by atoms with Crippen LogP contribution in [-0.4, -0.2) is 39.9 Å². The molecule has 10 heteroatoms. The van der Waals surface area contributed by atoms with Gasteiger partial charge in [0.15, 0.2) is 0 Å². The van der Waals surface area contributed by atoms with Gasteiger partial charge in [0.05, 0.1) is 17.2 Å². The molecule has 0 aromatic carbocycles. The number of pyridine rings is 1. The van der Waals surface area contributed by atoms with Crippen LogP contribution < -0.4 is 9.79 Å². The highest BCUT2D eigenvalue weighted by molar-refractivity contribution is 7.81. The van der Waals surface area contributed by atoms with Gasteiger partial charge in [0.25, 0.3) is 5.91 Å². The number of hydrogen-bond donors (Lipinski definition) is 1. The first-order chi connectivity index (χ1) is 13.0. The molecule has 0 saturated carbocycles. The molecule has 28 heavy (non-hydrogen) atoms. The highest BCUT2D eigenvalue weighted by Gasteiger charge is 2.37. The SMILES string of the molecule is CC(C)(C(=O)NOCC[Si](C)(C)C)N(c1ccc(-c2ccccn2)s1)S(=O)[O-]. The Kier molecular flexibility index (Phi) is 7.51. The zero-order valence-electron chi connectivity index (χ0n) is 16.7. The van der Waals surface area contributed by atoms with Crippen molar-refractivity contribution in [3.05, 3.63) is 36.5 Å². The van der Waals surface area contributed by atoms with Crippen LogP contribution in [0.2, 0.25) is 25.7 Å². The third-order valence-corrected chi connectivity index (χ3v) is 7.90. The molecule has 0 aliphatic rings. The van der Waals surface area contributed by atoms with Crippen LogP contribution in [-0.2, 0) is 20.9 Å². The fourth-order valence-electron chi connectivity index (χ4n) is 2.31. The minimum atomic E-state index is -2.65. The van der Waals surface area contributed by atoms with Crippen molar-refractivity contribution in [1.82, 2.24) is 10.5 Å². The number of anilines is 1. The summed E-state index contributed by atoms with van der Waals surface area (Å²) in [6, 6.07) is 9.88. The Hall–Kier alpha value is -1.59. The first-order valence-corrected chi connectivity index (χ1v) is 14.4. The number of aromatic nitrogens is 1. The minimum Gasteiger partial charge on any atom is -0.755 e. The first-order valence-electron chi connectivity index (χ1n) is 8.85. The second kappa shape index (κ2) is 9.27. The third-order valence-electron chi connectivity index (χ3n) is 4.04. The summed E-state index contributed by atoms with van der Waals surface area (Å²) in [5, 5.41) is 0.427. The smallest absolute Gasteiger partial charge is 0.269 e. The number of carbonyl (C=O) groups excluding carboxylic acids is 1. The van der Waals surface area contributed by atoms with Crippen molar-refractivity contribution in [2.45, 2.75) is 45.1 Å². The van der Waals surface area contributed by atoms with Crippen molar-refractivity contribution < 1.29 is 18.4 Å². The molecule has 0 radical (unpaired) electrons. The molecule has 0 aliphatic carbocycles. The molecule has 2 aromatic heterocycles. The maximum Gasteiger partial charge on any atom is 0.269 e. The van der Waals surface area contributed by atoms with E-state index in [1.807, 2.05) is 18.2 Å². The number of carbonyl (C=O) groups is 1. The molecule has 7 nitrogen and oxygen atoms in total. The number of nitrogens with zero attached hydrogens (tertiary/aromatic N) is 2. The fourth-order valence-corrected chi connectivity index (χ4v) is 5.02. The average molecular weight is 441 g/mol. The highest BCUT2D eigenvalue weighted by atomic mass is 32.2. The lowest BCUT2D eigenvalue weighted by atomic mass is 10.1. The van der Waals surface area contributed by atoms with E-state index in [1.165, 1.54) is 11.3 Å². The quantitative estimate of drug-likeness (QED) is 0.278. The number of hydrogen-bond acceptors (Lipinski definition) is 6. The fraction of sp³-hybridized carbons (Fsp3) is 0.444. The zero-order chi connectivity index (χ0) is 20.9. The number of hydroxylamine groups is 1. The molecule has 0 aliphatic heterocycles. The maximum atomic E-state index is 12.6. The van der Waals surface area contributed by atoms with Gasteiger partial charge in [-0.1, -0.05) is 25.7 Å². The lowest BCUT2D eigenvalue weighted by Crippen LogP contribution is -2.55. The Labute approximate surface area is 173 Å². The number of nitrogens with one attached hydrogen (secondary N) is 1. The zero-order valence-corrected chi connectivity index (χ0v) is 19.4. The van der Waals surface area contributed by atoms with E-state index in [0.717, 1.165) is 20.9 Å². The number of thiophene rings is 1. The Morgan fingerprint density at radius 3 is 2.61 bits per heavy atom. The van der Waals surface area contributed by atoms with Crippen LogP contribution in [0.4, 0.5) is 5.00 Å². The molecule has 0 bridgehead atoms. The Morgan fingerprint density at radius 2 is 2.04 bits per heavy atom. The Balaban J connectivity index is 2.14. The van der Waals surface area contributed by atoms with Gasteiger partial charge >= 0.3 is 0 Å². The molecule has 0 spiro atoms. The molecule has 1 N–H and O–H groups in total. The minimum absolute atomic E-state index is 0.404. The van der Waals surface area contributed by atoms with Gasteiger partial charge in [0, 0.05) is 25.5 Å². The van der Waals surface area contributed by atoms with Crippen molar-refractivity contribution in [2.24, 2.45) is 0 Å². The van der Waals surface area contributed by atoms with Gasteiger partial charge in [-0.25, -0.2) is 5.48 Å². The molecule has 154 valence electrons. The summed E-state index contributed by atoms with van der Waals surface area (Å²) in [6.45, 7) is 10.1. The lowest BCUT2D eigenvalue weighted by molar-refractivity contribution is -0.137. The predicted octanol–water partition coefficient (Wildman–Crippen LogP) is 3.58. The normalized spacial score (nSPS) is 13.2. The molecule has 0 saturated heterocycles. The summed E-state index contributed by atoms with van der Waals surface area (Å²) in [4.78, 5) is 23.0. The largest absolute Gasteiger partial charge is 0.755 e. The van der Waals surface area contributed by atoms with Crippen LogP contribution >= 0.6 is 11.3 Å². The van der Waals surface area contributed by atoms with Crippen molar-refractivity contribution in [3.63, 3.8) is 0 Å². The summed E-state index contributed by atoms with van der Waals surface area (Å²) >= 11 is -1.39. The highest BCUT2D eigenvalue weighted by Crippen LogP contribution is 2.36. The van der Waals surface area contributed by atoms with Gasteiger partial charge < -0.3 is 4.55 Å². The van der Waals surface area contributed by atoms with Gasteiger partial charge in [0.1, 0.15) is 10.5 Å². The van der Waals surface area contributed by atoms with E-state index in [1.54, 1.807) is 32.2 Å². The second-order valence-electron chi connectivity index (χ2n) is 8.01. The molecule has 2 rings (SSSR count).